The van der Waals surface area contributed by atoms with Crippen LogP contribution >= 0.6 is 0 Å². The van der Waals surface area contributed by atoms with E-state index in [1.165, 1.54) is 12.8 Å². The Morgan fingerprint density at radius 3 is 2.50 bits per heavy atom. The van der Waals surface area contributed by atoms with E-state index in [-0.39, 0.29) is 6.10 Å². The fourth-order valence-electron chi connectivity index (χ4n) is 1.46. The van der Waals surface area contributed by atoms with E-state index in [0.717, 1.165) is 0 Å². The van der Waals surface area contributed by atoms with Crippen LogP contribution in [0.5, 0.6) is 0 Å². The van der Waals surface area contributed by atoms with Crippen LogP contribution < -0.4 is 0 Å². The summed E-state index contributed by atoms with van der Waals surface area (Å²) in [4.78, 5) is 2.19. The Kier molecular flexibility index (Phi) is 8.14. The Hall–Kier alpha value is -0.120. The zero-order valence-corrected chi connectivity index (χ0v) is 9.99. The van der Waals surface area contributed by atoms with Crippen molar-refractivity contribution in [1.82, 2.24) is 4.90 Å². The molecule has 0 bridgehead atoms. The molecule has 0 radical (unpaired) electrons. The van der Waals surface area contributed by atoms with Crippen LogP contribution in [0.4, 0.5) is 0 Å². The zero-order chi connectivity index (χ0) is 11.0. The van der Waals surface area contributed by atoms with Gasteiger partial charge in [0, 0.05) is 19.2 Å². The van der Waals surface area contributed by atoms with Crippen molar-refractivity contribution in [1.29, 1.82) is 0 Å². The molecular formula is C11H25NO2. The van der Waals surface area contributed by atoms with Crippen LogP contribution in [-0.4, -0.2) is 49.0 Å². The van der Waals surface area contributed by atoms with Crippen molar-refractivity contribution in [2.24, 2.45) is 0 Å². The SMILES string of the molecule is CCCC(C)N(C)CC(O)COCC. The van der Waals surface area contributed by atoms with Crippen molar-refractivity contribution < 1.29 is 9.84 Å². The summed E-state index contributed by atoms with van der Waals surface area (Å²) < 4.78 is 5.16. The normalized spacial score (nSPS) is 15.9. The van der Waals surface area contributed by atoms with Gasteiger partial charge in [-0.1, -0.05) is 13.3 Å². The molecule has 0 aliphatic carbocycles. The highest BCUT2D eigenvalue weighted by Crippen LogP contribution is 2.04. The molecule has 1 N–H and O–H groups in total. The van der Waals surface area contributed by atoms with Crippen molar-refractivity contribution >= 4 is 0 Å². The molecule has 0 spiro atoms. The molecule has 0 aliphatic rings. The fraction of sp³-hybridized carbons (Fsp3) is 1.00. The van der Waals surface area contributed by atoms with Gasteiger partial charge in [0.25, 0.3) is 0 Å². The molecule has 0 fully saturated rings. The molecule has 0 saturated carbocycles. The largest absolute Gasteiger partial charge is 0.389 e. The van der Waals surface area contributed by atoms with Gasteiger partial charge in [0.1, 0.15) is 0 Å². The first kappa shape index (κ1) is 13.9. The fourth-order valence-corrected chi connectivity index (χ4v) is 1.46. The van der Waals surface area contributed by atoms with E-state index < -0.39 is 0 Å². The Morgan fingerprint density at radius 2 is 2.00 bits per heavy atom. The molecular weight excluding hydrogens is 178 g/mol. The molecule has 2 atom stereocenters. The van der Waals surface area contributed by atoms with E-state index >= 15 is 0 Å². The van der Waals surface area contributed by atoms with E-state index in [9.17, 15) is 5.11 Å². The van der Waals surface area contributed by atoms with Crippen LogP contribution in [0.15, 0.2) is 0 Å². The van der Waals surface area contributed by atoms with Gasteiger partial charge in [0.05, 0.1) is 12.7 Å². The average molecular weight is 203 g/mol. The molecule has 3 heteroatoms. The van der Waals surface area contributed by atoms with Gasteiger partial charge in [-0.15, -0.1) is 0 Å². The van der Waals surface area contributed by atoms with Crippen LogP contribution in [0.2, 0.25) is 0 Å². The maximum absolute atomic E-state index is 9.60. The number of hydrogen-bond acceptors (Lipinski definition) is 3. The molecule has 0 saturated heterocycles. The highest BCUT2D eigenvalue weighted by Gasteiger charge is 2.12. The van der Waals surface area contributed by atoms with E-state index in [2.05, 4.69) is 25.8 Å². The molecule has 2 unspecified atom stereocenters. The van der Waals surface area contributed by atoms with Gasteiger partial charge in [-0.2, -0.15) is 0 Å². The number of rotatable bonds is 8. The first-order chi connectivity index (χ1) is 6.61. The summed E-state index contributed by atoms with van der Waals surface area (Å²) in [7, 11) is 2.05. The molecule has 0 heterocycles. The quantitative estimate of drug-likeness (QED) is 0.649. The van der Waals surface area contributed by atoms with Gasteiger partial charge in [-0.05, 0) is 27.3 Å². The summed E-state index contributed by atoms with van der Waals surface area (Å²) in [6, 6.07) is 0.538. The number of aliphatic hydroxyl groups excluding tert-OH is 1. The highest BCUT2D eigenvalue weighted by molar-refractivity contribution is 4.66. The maximum Gasteiger partial charge on any atom is 0.0900 e. The molecule has 86 valence electrons. The number of nitrogens with zero attached hydrogens (tertiary/aromatic N) is 1. The summed E-state index contributed by atoms with van der Waals surface area (Å²) in [5.74, 6) is 0. The lowest BCUT2D eigenvalue weighted by Gasteiger charge is -2.26. The minimum Gasteiger partial charge on any atom is -0.389 e. The average Bonchev–Trinajstić information content (AvgIpc) is 2.15. The lowest BCUT2D eigenvalue weighted by atomic mass is 10.1. The van der Waals surface area contributed by atoms with Gasteiger partial charge >= 0.3 is 0 Å². The molecule has 3 nitrogen and oxygen atoms in total. The minimum absolute atomic E-state index is 0.362. The van der Waals surface area contributed by atoms with Crippen molar-refractivity contribution in [3.63, 3.8) is 0 Å². The number of likely N-dealkylation sites (N-methyl/N-ethyl adjacent to an activating group) is 1. The first-order valence-electron chi connectivity index (χ1n) is 5.57. The Labute approximate surface area is 88.1 Å². The predicted molar refractivity (Wildman–Crippen MR) is 59.5 cm³/mol. The Bertz CT molecular complexity index is 130. The van der Waals surface area contributed by atoms with E-state index in [1.807, 2.05) is 6.92 Å². The molecule has 0 aromatic carbocycles. The molecule has 0 aromatic heterocycles. The number of hydrogen-bond donors (Lipinski definition) is 1. The second kappa shape index (κ2) is 8.21. The summed E-state index contributed by atoms with van der Waals surface area (Å²) in [5, 5.41) is 9.60. The van der Waals surface area contributed by atoms with Gasteiger partial charge in [0.15, 0.2) is 0 Å². The monoisotopic (exact) mass is 203 g/mol. The van der Waals surface area contributed by atoms with Gasteiger partial charge < -0.3 is 14.7 Å². The Balaban J connectivity index is 3.63. The van der Waals surface area contributed by atoms with Crippen molar-refractivity contribution in [2.45, 2.75) is 45.8 Å². The third-order valence-corrected chi connectivity index (χ3v) is 2.47. The van der Waals surface area contributed by atoms with Crippen molar-refractivity contribution in [2.75, 3.05) is 26.8 Å². The summed E-state index contributed by atoms with van der Waals surface area (Å²) in [6.07, 6.45) is 2.00. The lowest BCUT2D eigenvalue weighted by Crippen LogP contribution is -2.37. The van der Waals surface area contributed by atoms with Crippen molar-refractivity contribution in [3.8, 4) is 0 Å². The van der Waals surface area contributed by atoms with Gasteiger partial charge in [0.2, 0.25) is 0 Å². The summed E-state index contributed by atoms with van der Waals surface area (Å²) in [5.41, 5.74) is 0. The smallest absolute Gasteiger partial charge is 0.0900 e. The van der Waals surface area contributed by atoms with E-state index in [4.69, 9.17) is 4.74 Å². The van der Waals surface area contributed by atoms with Crippen LogP contribution in [0.25, 0.3) is 0 Å². The standard InChI is InChI=1S/C11H25NO2/c1-5-7-10(3)12(4)8-11(13)9-14-6-2/h10-11,13H,5-9H2,1-4H3. The summed E-state index contributed by atoms with van der Waals surface area (Å²) >= 11 is 0. The number of aliphatic hydroxyl groups is 1. The van der Waals surface area contributed by atoms with Crippen LogP contribution in [0, 0.1) is 0 Å². The molecule has 14 heavy (non-hydrogen) atoms. The second-order valence-corrected chi connectivity index (χ2v) is 3.89. The number of ether oxygens (including phenoxy) is 1. The first-order valence-corrected chi connectivity index (χ1v) is 5.57. The van der Waals surface area contributed by atoms with Gasteiger partial charge in [-0.3, -0.25) is 0 Å². The molecule has 0 amide bonds. The molecule has 0 aromatic rings. The Morgan fingerprint density at radius 1 is 1.36 bits per heavy atom. The molecule has 0 rings (SSSR count). The second-order valence-electron chi connectivity index (χ2n) is 3.89. The maximum atomic E-state index is 9.60. The minimum atomic E-state index is -0.362. The van der Waals surface area contributed by atoms with Gasteiger partial charge in [-0.25, -0.2) is 0 Å². The predicted octanol–water partition coefficient (Wildman–Crippen LogP) is 1.50. The van der Waals surface area contributed by atoms with E-state index in [0.29, 0.717) is 25.8 Å². The lowest BCUT2D eigenvalue weighted by molar-refractivity contribution is 0.0191. The topological polar surface area (TPSA) is 32.7 Å². The van der Waals surface area contributed by atoms with E-state index in [1.54, 1.807) is 0 Å². The van der Waals surface area contributed by atoms with Crippen LogP contribution in [-0.2, 0) is 4.74 Å². The van der Waals surface area contributed by atoms with Crippen LogP contribution in [0.1, 0.15) is 33.6 Å². The van der Waals surface area contributed by atoms with Crippen molar-refractivity contribution in [3.05, 3.63) is 0 Å². The summed E-state index contributed by atoms with van der Waals surface area (Å²) in [6.45, 7) is 8.13. The highest BCUT2D eigenvalue weighted by atomic mass is 16.5. The molecule has 0 aliphatic heterocycles. The van der Waals surface area contributed by atoms with Crippen LogP contribution in [0.3, 0.4) is 0 Å². The zero-order valence-electron chi connectivity index (χ0n) is 9.99. The third kappa shape index (κ3) is 6.35. The third-order valence-electron chi connectivity index (χ3n) is 2.47.